The second kappa shape index (κ2) is 13.2. The Morgan fingerprint density at radius 1 is 1.00 bits per heavy atom. The number of fused-ring (bicyclic) bond motifs is 1. The van der Waals surface area contributed by atoms with Crippen molar-refractivity contribution in [3.05, 3.63) is 112 Å². The Kier molecular flexibility index (Phi) is 9.22. The third kappa shape index (κ3) is 6.49. The number of primary amides is 1. The molecule has 0 bridgehead atoms. The van der Waals surface area contributed by atoms with Crippen molar-refractivity contribution in [2.24, 2.45) is 5.73 Å². The Bertz CT molecular complexity index is 1790. The molecule has 1 amide bonds. The summed E-state index contributed by atoms with van der Waals surface area (Å²) in [6.07, 6.45) is 4.84. The number of nitrogens with two attached hydrogens (primary N) is 2. The molecule has 1 saturated heterocycles. The van der Waals surface area contributed by atoms with Crippen LogP contribution in [0.2, 0.25) is 5.02 Å². The first-order valence-corrected chi connectivity index (χ1v) is 14.8. The van der Waals surface area contributed by atoms with Crippen LogP contribution in [0.15, 0.2) is 94.7 Å². The normalized spacial score (nSPS) is 13.1. The van der Waals surface area contributed by atoms with Gasteiger partial charge in [0.15, 0.2) is 11.5 Å². The Balaban J connectivity index is 0.000000169. The van der Waals surface area contributed by atoms with Gasteiger partial charge in [0.1, 0.15) is 0 Å². The fraction of sp³-hybridized carbons (Fsp3) is 0.188. The summed E-state index contributed by atoms with van der Waals surface area (Å²) in [6, 6.07) is 25.3. The van der Waals surface area contributed by atoms with Crippen LogP contribution in [0, 0.1) is 0 Å². The minimum Gasteiger partial charge on any atom is -0.382 e. The highest BCUT2D eigenvalue weighted by Crippen LogP contribution is 2.30. The van der Waals surface area contributed by atoms with E-state index in [1.165, 1.54) is 12.8 Å². The molecule has 0 atom stereocenters. The van der Waals surface area contributed by atoms with Gasteiger partial charge < -0.3 is 11.5 Å². The van der Waals surface area contributed by atoms with Crippen molar-refractivity contribution in [2.45, 2.75) is 31.1 Å². The number of hydrogen-bond donors (Lipinski definition) is 2. The molecule has 0 unspecified atom stereocenters. The highest BCUT2D eigenvalue weighted by Gasteiger charge is 2.15. The third-order valence-corrected chi connectivity index (χ3v) is 8.32. The molecular formula is C32H31ClN6O2S. The summed E-state index contributed by atoms with van der Waals surface area (Å²) in [7, 11) is 0. The summed E-state index contributed by atoms with van der Waals surface area (Å²) < 4.78 is 4.09. The number of amides is 1. The summed E-state index contributed by atoms with van der Waals surface area (Å²) in [5, 5.41) is 1.97. The number of pyridine rings is 1. The van der Waals surface area contributed by atoms with E-state index in [0.29, 0.717) is 16.1 Å². The molecule has 8 nitrogen and oxygen atoms in total. The van der Waals surface area contributed by atoms with Gasteiger partial charge in [-0.05, 0) is 73.0 Å². The highest BCUT2D eigenvalue weighted by molar-refractivity contribution is 7.97. The molecule has 10 heteroatoms. The fourth-order valence-electron chi connectivity index (χ4n) is 4.85. The van der Waals surface area contributed by atoms with Gasteiger partial charge in [0, 0.05) is 34.9 Å². The number of rotatable bonds is 6. The number of nitrogens with zero attached hydrogens (tertiary/aromatic N) is 4. The molecule has 6 rings (SSSR count). The van der Waals surface area contributed by atoms with Gasteiger partial charge in [0.05, 0.1) is 22.3 Å². The van der Waals surface area contributed by atoms with Crippen molar-refractivity contribution < 1.29 is 4.79 Å². The van der Waals surface area contributed by atoms with Crippen molar-refractivity contribution in [3.8, 4) is 16.9 Å². The monoisotopic (exact) mass is 598 g/mol. The lowest BCUT2D eigenvalue weighted by Gasteiger charge is -2.14. The molecule has 3 heterocycles. The second-order valence-corrected chi connectivity index (χ2v) is 11.4. The second-order valence-electron chi connectivity index (χ2n) is 9.78. The lowest BCUT2D eigenvalue weighted by atomic mass is 10.1. The Labute approximate surface area is 253 Å². The zero-order valence-corrected chi connectivity index (χ0v) is 24.7. The topological polar surface area (TPSA) is 120 Å². The van der Waals surface area contributed by atoms with Crippen molar-refractivity contribution in [2.75, 3.05) is 18.8 Å². The smallest absolute Gasteiger partial charge is 0.271 e. The molecule has 1 fully saturated rings. The number of aryl methyl sites for hydroxylation is 1. The van der Waals surface area contributed by atoms with Gasteiger partial charge in [-0.3, -0.25) is 14.2 Å². The van der Waals surface area contributed by atoms with E-state index >= 15 is 0 Å². The minimum absolute atomic E-state index is 0.00935. The van der Waals surface area contributed by atoms with Gasteiger partial charge >= 0.3 is 0 Å². The van der Waals surface area contributed by atoms with Crippen LogP contribution in [0.5, 0.6) is 0 Å². The predicted molar refractivity (Wildman–Crippen MR) is 171 cm³/mol. The van der Waals surface area contributed by atoms with Crippen molar-refractivity contribution in [3.63, 3.8) is 0 Å². The van der Waals surface area contributed by atoms with E-state index in [0.717, 1.165) is 46.7 Å². The van der Waals surface area contributed by atoms with Gasteiger partial charge in [-0.1, -0.05) is 61.0 Å². The number of benzene rings is 3. The maximum absolute atomic E-state index is 12.8. The molecule has 3 aromatic carbocycles. The maximum atomic E-state index is 12.8. The molecule has 2 aromatic heterocycles. The molecule has 5 aromatic rings. The molecule has 0 radical (unpaired) electrons. The number of carbonyl (C=O) groups is 1. The van der Waals surface area contributed by atoms with Crippen LogP contribution in [0.25, 0.3) is 27.7 Å². The standard InChI is InChI=1S/C17H14ClNO.C15H17N5OS/c1-2-13-11-12-7-6-10-15(18)16(12)17(20)19(13)14-8-4-3-5-9-14;16-14-13(15(17)21)19-12(9-18-14)10-4-3-5-11(8-10)22-20-6-1-2-7-20/h3-11H,2H2,1H3;3-5,8-9H,1-2,6-7H2,(H2,16,18)(H2,17,21). The number of para-hydroxylation sites is 1. The summed E-state index contributed by atoms with van der Waals surface area (Å²) >= 11 is 7.95. The van der Waals surface area contributed by atoms with Crippen molar-refractivity contribution >= 4 is 46.0 Å². The van der Waals surface area contributed by atoms with E-state index in [-0.39, 0.29) is 17.1 Å². The average molecular weight is 599 g/mol. The van der Waals surface area contributed by atoms with E-state index < -0.39 is 5.91 Å². The van der Waals surface area contributed by atoms with Crippen molar-refractivity contribution in [1.29, 1.82) is 0 Å². The molecule has 1 aliphatic rings. The lowest BCUT2D eigenvalue weighted by Crippen LogP contribution is -2.22. The minimum atomic E-state index is -0.672. The number of halogens is 1. The van der Waals surface area contributed by atoms with Gasteiger partial charge in [-0.2, -0.15) is 0 Å². The van der Waals surface area contributed by atoms with Crippen molar-refractivity contribution in [1.82, 2.24) is 18.8 Å². The zero-order valence-electron chi connectivity index (χ0n) is 23.2. The zero-order chi connectivity index (χ0) is 29.6. The first-order valence-electron chi connectivity index (χ1n) is 13.7. The Morgan fingerprint density at radius 2 is 1.74 bits per heavy atom. The van der Waals surface area contributed by atoms with Crippen LogP contribution in [0.3, 0.4) is 0 Å². The van der Waals surface area contributed by atoms with Crippen LogP contribution in [-0.4, -0.2) is 37.8 Å². The first kappa shape index (κ1) is 29.3. The first-order chi connectivity index (χ1) is 20.4. The largest absolute Gasteiger partial charge is 0.382 e. The number of hydrogen-bond acceptors (Lipinski definition) is 7. The molecule has 0 saturated carbocycles. The van der Waals surface area contributed by atoms with Crippen LogP contribution < -0.4 is 17.0 Å². The number of anilines is 1. The van der Waals surface area contributed by atoms with E-state index in [4.69, 9.17) is 23.1 Å². The van der Waals surface area contributed by atoms with Gasteiger partial charge in [0.25, 0.3) is 11.5 Å². The molecule has 214 valence electrons. The molecule has 4 N–H and O–H groups in total. The quantitative estimate of drug-likeness (QED) is 0.225. The van der Waals surface area contributed by atoms with Crippen LogP contribution in [0.4, 0.5) is 5.82 Å². The Hall–Kier alpha value is -4.18. The molecule has 0 aliphatic carbocycles. The summed E-state index contributed by atoms with van der Waals surface area (Å²) in [4.78, 5) is 33.5. The molecule has 1 aliphatic heterocycles. The number of aromatic nitrogens is 3. The molecule has 0 spiro atoms. The van der Waals surface area contributed by atoms with Gasteiger partial charge in [-0.25, -0.2) is 14.3 Å². The Morgan fingerprint density at radius 3 is 2.45 bits per heavy atom. The van der Waals surface area contributed by atoms with Crippen LogP contribution >= 0.6 is 23.5 Å². The van der Waals surface area contributed by atoms with Gasteiger partial charge in [-0.15, -0.1) is 0 Å². The summed E-state index contributed by atoms with van der Waals surface area (Å²) in [5.41, 5.74) is 14.2. The third-order valence-electron chi connectivity index (χ3n) is 6.91. The molecule has 42 heavy (non-hydrogen) atoms. The lowest BCUT2D eigenvalue weighted by molar-refractivity contribution is 0.0996. The predicted octanol–water partition coefficient (Wildman–Crippen LogP) is 6.13. The SMILES string of the molecule is CCc1cc2cccc(Cl)c2c(=O)n1-c1ccccc1.NC(=O)c1nc(-c2cccc(SN3CCCC3)c2)cnc1N. The highest BCUT2D eigenvalue weighted by atomic mass is 35.5. The van der Waals surface area contributed by atoms with Crippen LogP contribution in [0.1, 0.15) is 35.9 Å². The fourth-order valence-corrected chi connectivity index (χ4v) is 6.17. The summed E-state index contributed by atoms with van der Waals surface area (Å²) in [5.74, 6) is -0.617. The average Bonchev–Trinajstić information content (AvgIpc) is 3.51. The van der Waals surface area contributed by atoms with E-state index in [1.54, 1.807) is 28.8 Å². The maximum Gasteiger partial charge on any atom is 0.271 e. The molecular weight excluding hydrogens is 568 g/mol. The number of nitrogen functional groups attached to an aromatic ring is 1. The summed E-state index contributed by atoms with van der Waals surface area (Å²) in [6.45, 7) is 4.27. The van der Waals surface area contributed by atoms with E-state index in [2.05, 4.69) is 20.3 Å². The van der Waals surface area contributed by atoms with E-state index in [9.17, 15) is 9.59 Å². The van der Waals surface area contributed by atoms with Crippen LogP contribution in [-0.2, 0) is 6.42 Å². The van der Waals surface area contributed by atoms with Gasteiger partial charge in [0.2, 0.25) is 0 Å². The number of carbonyl (C=O) groups excluding carboxylic acids is 1. The van der Waals surface area contributed by atoms with E-state index in [1.807, 2.05) is 73.7 Å².